The summed E-state index contributed by atoms with van der Waals surface area (Å²) in [5.74, 6) is -0.364. The third-order valence-electron chi connectivity index (χ3n) is 4.00. The molecule has 27 heavy (non-hydrogen) atoms. The van der Waals surface area contributed by atoms with Gasteiger partial charge in [-0.3, -0.25) is 4.79 Å². The summed E-state index contributed by atoms with van der Waals surface area (Å²) in [4.78, 5) is 12.4. The number of benzene rings is 2. The van der Waals surface area contributed by atoms with Crippen LogP contribution in [0.1, 0.15) is 26.3 Å². The van der Waals surface area contributed by atoms with Gasteiger partial charge in [0.2, 0.25) is 0 Å². The van der Waals surface area contributed by atoms with E-state index >= 15 is 0 Å². The third kappa shape index (κ3) is 7.57. The first-order valence-corrected chi connectivity index (χ1v) is 9.11. The molecule has 0 aliphatic rings. The predicted octanol–water partition coefficient (Wildman–Crippen LogP) is 3.29. The van der Waals surface area contributed by atoms with Gasteiger partial charge in [-0.15, -0.1) is 6.54 Å². The summed E-state index contributed by atoms with van der Waals surface area (Å²) in [6.07, 6.45) is -0.356. The second-order valence-corrected chi connectivity index (χ2v) is 7.92. The van der Waals surface area contributed by atoms with Crippen LogP contribution in [-0.4, -0.2) is 18.6 Å². The molecule has 140 valence electrons. The number of esters is 1. The first-order valence-electron chi connectivity index (χ1n) is 8.35. The number of para-hydroxylation sites is 2. The number of carbonyl (C=O) groups excluding carboxylic acids is 1. The van der Waals surface area contributed by atoms with Crippen molar-refractivity contribution >= 4 is 40.5 Å². The van der Waals surface area contributed by atoms with Gasteiger partial charge in [-0.1, -0.05) is 68.2 Å². The summed E-state index contributed by atoms with van der Waals surface area (Å²) in [5, 5.41) is 4.20. The molecule has 0 saturated heterocycles. The monoisotopic (exact) mass is 526 g/mol. The van der Waals surface area contributed by atoms with Crippen LogP contribution in [0.25, 0.3) is 5.73 Å². The molecule has 0 heterocycles. The Kier molecular flexibility index (Phi) is 10.8. The van der Waals surface area contributed by atoms with Gasteiger partial charge in [0.1, 0.15) is 0 Å². The molecule has 0 aromatic heterocycles. The van der Waals surface area contributed by atoms with E-state index in [2.05, 4.69) is 5.32 Å². The molecule has 7 heteroatoms. The maximum absolute atomic E-state index is 12.4. The van der Waals surface area contributed by atoms with E-state index in [-0.39, 0.29) is 93.2 Å². The van der Waals surface area contributed by atoms with Gasteiger partial charge in [0.15, 0.2) is 0 Å². The predicted molar refractivity (Wildman–Crippen MR) is 108 cm³/mol. The van der Waals surface area contributed by atoms with Gasteiger partial charge in [0.05, 0.1) is 28.3 Å². The standard InChI is InChI=1S/C20H23Cl2N2O2.Cs/c1-20(2,3)17(12-23)26-18(25)11-13-7-4-5-10-16(13)24-19-14(21)8-6-9-15(19)22;/h4-10,17,23-24H,11-12H2,1-3H3;/q-1;+1. The van der Waals surface area contributed by atoms with E-state index in [1.54, 1.807) is 18.2 Å². The Bertz CT molecular complexity index is 759. The normalized spacial score (nSPS) is 12.1. The molecule has 0 fully saturated rings. The molecule has 0 aliphatic carbocycles. The first-order chi connectivity index (χ1) is 12.2. The largest absolute Gasteiger partial charge is 1.00 e. The van der Waals surface area contributed by atoms with Gasteiger partial charge in [-0.25, -0.2) is 0 Å². The fourth-order valence-electron chi connectivity index (χ4n) is 2.43. The summed E-state index contributed by atoms with van der Waals surface area (Å²) in [5.41, 5.74) is 9.43. The van der Waals surface area contributed by atoms with Crippen molar-refractivity contribution in [1.29, 1.82) is 0 Å². The summed E-state index contributed by atoms with van der Waals surface area (Å²) in [6, 6.07) is 12.7. The molecule has 0 aliphatic heterocycles. The summed E-state index contributed by atoms with van der Waals surface area (Å²) in [6.45, 7) is 5.89. The van der Waals surface area contributed by atoms with Gasteiger partial charge >= 0.3 is 74.9 Å². The molecule has 0 spiro atoms. The second-order valence-electron chi connectivity index (χ2n) is 7.10. The zero-order valence-electron chi connectivity index (χ0n) is 16.1. The molecule has 0 saturated carbocycles. The Balaban J connectivity index is 0.00000364. The Morgan fingerprint density at radius 1 is 1.11 bits per heavy atom. The van der Waals surface area contributed by atoms with Crippen LogP contribution in [0, 0.1) is 5.41 Å². The van der Waals surface area contributed by atoms with E-state index in [0.717, 1.165) is 11.3 Å². The van der Waals surface area contributed by atoms with Crippen molar-refractivity contribution in [2.75, 3.05) is 11.9 Å². The number of hydrogen-bond acceptors (Lipinski definition) is 3. The summed E-state index contributed by atoms with van der Waals surface area (Å²) >= 11 is 12.4. The zero-order chi connectivity index (χ0) is 19.3. The molecular formula is C20H23Cl2CsN2O2. The van der Waals surface area contributed by atoms with Crippen LogP contribution in [0.15, 0.2) is 42.5 Å². The number of hydrogen-bond donors (Lipinski definition) is 1. The molecule has 1 atom stereocenters. The molecule has 2 rings (SSSR count). The van der Waals surface area contributed by atoms with Gasteiger partial charge in [0.25, 0.3) is 0 Å². The van der Waals surface area contributed by atoms with Crippen LogP contribution in [0.3, 0.4) is 0 Å². The van der Waals surface area contributed by atoms with E-state index in [1.165, 1.54) is 0 Å². The topological polar surface area (TPSA) is 62.1 Å². The fourth-order valence-corrected chi connectivity index (χ4v) is 2.92. The molecule has 2 N–H and O–H groups in total. The Morgan fingerprint density at radius 3 is 2.26 bits per heavy atom. The molecule has 1 unspecified atom stereocenters. The van der Waals surface area contributed by atoms with Crippen LogP contribution in [0.5, 0.6) is 0 Å². The summed E-state index contributed by atoms with van der Waals surface area (Å²) in [7, 11) is 0. The van der Waals surface area contributed by atoms with Gasteiger partial charge in [-0.05, 0) is 29.2 Å². The molecule has 0 amide bonds. The average molecular weight is 527 g/mol. The van der Waals surface area contributed by atoms with Crippen LogP contribution >= 0.6 is 23.2 Å². The van der Waals surface area contributed by atoms with Gasteiger partial charge in [0, 0.05) is 5.69 Å². The van der Waals surface area contributed by atoms with E-state index in [1.807, 2.05) is 45.0 Å². The van der Waals surface area contributed by atoms with Crippen LogP contribution in [0.2, 0.25) is 10.0 Å². The number of halogens is 2. The minimum atomic E-state index is -0.451. The third-order valence-corrected chi connectivity index (χ3v) is 4.63. The minimum Gasteiger partial charge on any atom is -0.674 e. The Labute approximate surface area is 229 Å². The quantitative estimate of drug-likeness (QED) is 0.587. The molecule has 0 radical (unpaired) electrons. The smallest absolute Gasteiger partial charge is 0.674 e. The molecule has 2 aromatic rings. The van der Waals surface area contributed by atoms with Crippen molar-refractivity contribution in [3.05, 3.63) is 63.8 Å². The van der Waals surface area contributed by atoms with Crippen molar-refractivity contribution in [3.63, 3.8) is 0 Å². The number of nitrogens with one attached hydrogen (secondary N) is 2. The zero-order valence-corrected chi connectivity index (χ0v) is 23.9. The molecule has 2 aromatic carbocycles. The van der Waals surface area contributed by atoms with Crippen molar-refractivity contribution in [2.45, 2.75) is 33.3 Å². The van der Waals surface area contributed by atoms with E-state index in [4.69, 9.17) is 33.7 Å². The molecule has 0 bridgehead atoms. The Hall–Kier alpha value is 0.302. The Morgan fingerprint density at radius 2 is 1.70 bits per heavy atom. The van der Waals surface area contributed by atoms with Crippen molar-refractivity contribution in [2.24, 2.45) is 5.41 Å². The van der Waals surface area contributed by atoms with Crippen LogP contribution in [-0.2, 0) is 16.0 Å². The van der Waals surface area contributed by atoms with Crippen molar-refractivity contribution in [3.8, 4) is 0 Å². The number of ether oxygens (including phenoxy) is 1. The second kappa shape index (κ2) is 11.5. The van der Waals surface area contributed by atoms with E-state index in [9.17, 15) is 4.79 Å². The average Bonchev–Trinajstić information content (AvgIpc) is 2.56. The van der Waals surface area contributed by atoms with Crippen molar-refractivity contribution < 1.29 is 78.4 Å². The minimum absolute atomic E-state index is 0. The van der Waals surface area contributed by atoms with E-state index in [0.29, 0.717) is 15.7 Å². The number of rotatable bonds is 6. The summed E-state index contributed by atoms with van der Waals surface area (Å²) < 4.78 is 5.51. The van der Waals surface area contributed by atoms with E-state index < -0.39 is 6.10 Å². The SMILES string of the molecule is CC(C)(C)C(C[NH-])OC(=O)Cc1ccccc1Nc1c(Cl)cccc1Cl.[Cs+]. The molecule has 4 nitrogen and oxygen atoms in total. The first kappa shape index (κ1) is 25.3. The fraction of sp³-hybridized carbons (Fsp3) is 0.350. The van der Waals surface area contributed by atoms with Gasteiger partial charge in [-0.2, -0.15) is 0 Å². The van der Waals surface area contributed by atoms with Crippen LogP contribution < -0.4 is 74.2 Å². The molecular weight excluding hydrogens is 504 g/mol. The maximum atomic E-state index is 12.4. The number of carbonyl (C=O) groups is 1. The number of anilines is 2. The maximum Gasteiger partial charge on any atom is 1.00 e. The van der Waals surface area contributed by atoms with Crippen molar-refractivity contribution in [1.82, 2.24) is 0 Å². The van der Waals surface area contributed by atoms with Crippen LogP contribution in [0.4, 0.5) is 11.4 Å². The van der Waals surface area contributed by atoms with Gasteiger partial charge < -0.3 is 15.8 Å².